The standard InChI is InChI=1S/C23H18F5N5O5S/c24-22(25)6-9-33(10-7-22)19-16(11-14(4-3-13-1-2-13)18(31-19)23(26,27)28)20(34)30-15-5-8-29-17(12-15)38-21(35)32-39(36)37/h5,8,11-13H,1-2,6-7,9-10H2,(H,29,30,34). The number of piperidine rings is 1. The summed E-state index contributed by atoms with van der Waals surface area (Å²) < 4.78 is 97.4. The van der Waals surface area contributed by atoms with Crippen LogP contribution in [-0.4, -0.2) is 49.4 Å². The number of carbonyl (C=O) groups excluding carboxylic acids is 2. The third kappa shape index (κ3) is 7.47. The molecule has 2 aromatic rings. The maximum absolute atomic E-state index is 13.9. The number of anilines is 2. The molecule has 1 saturated carbocycles. The van der Waals surface area contributed by atoms with E-state index >= 15 is 0 Å². The van der Waals surface area contributed by atoms with Crippen molar-refractivity contribution >= 4 is 34.0 Å². The molecule has 1 aliphatic heterocycles. The van der Waals surface area contributed by atoms with Crippen molar-refractivity contribution in [3.8, 4) is 17.7 Å². The van der Waals surface area contributed by atoms with Crippen LogP contribution in [0.2, 0.25) is 0 Å². The second-order valence-corrected chi connectivity index (χ2v) is 9.27. The molecule has 1 saturated heterocycles. The lowest BCUT2D eigenvalue weighted by Gasteiger charge is -2.34. The van der Waals surface area contributed by atoms with E-state index in [0.29, 0.717) is 0 Å². The number of hydrogen-bond acceptors (Lipinski definition) is 8. The van der Waals surface area contributed by atoms with Crippen LogP contribution in [0.25, 0.3) is 0 Å². The van der Waals surface area contributed by atoms with E-state index in [4.69, 9.17) is 0 Å². The Bertz CT molecular complexity index is 1500. The van der Waals surface area contributed by atoms with E-state index in [9.17, 15) is 40.0 Å². The van der Waals surface area contributed by atoms with Crippen molar-refractivity contribution in [3.05, 3.63) is 41.2 Å². The van der Waals surface area contributed by atoms with E-state index in [-0.39, 0.29) is 30.3 Å². The molecule has 2 aliphatic rings. The summed E-state index contributed by atoms with van der Waals surface area (Å²) in [5.41, 5.74) is -2.26. The van der Waals surface area contributed by atoms with Gasteiger partial charge in [-0.3, -0.25) is 4.79 Å². The van der Waals surface area contributed by atoms with Gasteiger partial charge in [0.05, 0.1) is 11.1 Å². The molecule has 0 aromatic carbocycles. The predicted molar refractivity (Wildman–Crippen MR) is 125 cm³/mol. The Kier molecular flexibility index (Phi) is 7.82. The normalized spacial score (nSPS) is 16.5. The molecule has 0 spiro atoms. The first-order valence-electron chi connectivity index (χ1n) is 11.4. The molecule has 16 heteroatoms. The predicted octanol–water partition coefficient (Wildman–Crippen LogP) is 4.31. The van der Waals surface area contributed by atoms with Crippen molar-refractivity contribution in [2.75, 3.05) is 23.3 Å². The molecule has 39 heavy (non-hydrogen) atoms. The highest BCUT2D eigenvalue weighted by molar-refractivity contribution is 7.62. The summed E-state index contributed by atoms with van der Waals surface area (Å²) >= 11 is 0. The fraction of sp³-hybridized carbons (Fsp3) is 0.391. The highest BCUT2D eigenvalue weighted by Gasteiger charge is 2.40. The molecule has 10 nitrogen and oxygen atoms in total. The zero-order valence-corrected chi connectivity index (χ0v) is 20.6. The quantitative estimate of drug-likeness (QED) is 0.425. The van der Waals surface area contributed by atoms with Gasteiger partial charge in [0.1, 0.15) is 5.82 Å². The zero-order chi connectivity index (χ0) is 28.4. The van der Waals surface area contributed by atoms with Gasteiger partial charge < -0.3 is 15.0 Å². The minimum absolute atomic E-state index is 0.0392. The summed E-state index contributed by atoms with van der Waals surface area (Å²) in [5, 5.41) is 2.40. The highest BCUT2D eigenvalue weighted by Crippen LogP contribution is 2.37. The highest BCUT2D eigenvalue weighted by atomic mass is 32.2. The van der Waals surface area contributed by atoms with Crippen molar-refractivity contribution in [3.63, 3.8) is 0 Å². The van der Waals surface area contributed by atoms with Gasteiger partial charge in [0.25, 0.3) is 11.8 Å². The third-order valence-electron chi connectivity index (χ3n) is 5.63. The average Bonchev–Trinajstić information content (AvgIpc) is 3.66. The van der Waals surface area contributed by atoms with Gasteiger partial charge in [-0.2, -0.15) is 21.6 Å². The average molecular weight is 571 g/mol. The van der Waals surface area contributed by atoms with E-state index in [2.05, 4.69) is 36.2 Å². The first-order valence-corrected chi connectivity index (χ1v) is 12.4. The van der Waals surface area contributed by atoms with E-state index in [0.717, 1.165) is 31.2 Å². The lowest BCUT2D eigenvalue weighted by Crippen LogP contribution is -2.41. The molecule has 0 atom stereocenters. The molecule has 0 bridgehead atoms. The fourth-order valence-corrected chi connectivity index (χ4v) is 3.75. The molecule has 1 N–H and O–H groups in total. The topological polar surface area (TPSA) is 131 Å². The van der Waals surface area contributed by atoms with Crippen molar-refractivity contribution < 1.29 is 44.7 Å². The van der Waals surface area contributed by atoms with Crippen LogP contribution in [0.3, 0.4) is 0 Å². The number of nitrogens with zero attached hydrogens (tertiary/aromatic N) is 4. The van der Waals surface area contributed by atoms with Crippen LogP contribution >= 0.6 is 0 Å². The Hall–Kier alpha value is -4.13. The van der Waals surface area contributed by atoms with E-state index in [1.165, 1.54) is 11.0 Å². The summed E-state index contributed by atoms with van der Waals surface area (Å²) in [6.07, 6.45) is -5.15. The van der Waals surface area contributed by atoms with Gasteiger partial charge in [-0.05, 0) is 25.0 Å². The van der Waals surface area contributed by atoms with Crippen LogP contribution < -0.4 is 15.0 Å². The van der Waals surface area contributed by atoms with E-state index in [1.54, 1.807) is 0 Å². The van der Waals surface area contributed by atoms with Crippen molar-refractivity contribution in [1.82, 2.24) is 9.97 Å². The fourth-order valence-electron chi connectivity index (χ4n) is 3.59. The number of alkyl halides is 5. The van der Waals surface area contributed by atoms with Crippen LogP contribution in [0, 0.1) is 17.8 Å². The number of pyridine rings is 2. The first-order chi connectivity index (χ1) is 18.3. The van der Waals surface area contributed by atoms with Gasteiger partial charge in [-0.15, -0.1) is 0 Å². The van der Waals surface area contributed by atoms with Gasteiger partial charge in [0.2, 0.25) is 5.88 Å². The number of rotatable bonds is 4. The van der Waals surface area contributed by atoms with Gasteiger partial charge in [-0.25, -0.2) is 23.5 Å². The second kappa shape index (κ2) is 10.9. The molecule has 0 radical (unpaired) electrons. The Morgan fingerprint density at radius 3 is 2.49 bits per heavy atom. The number of nitrogens with one attached hydrogen (secondary N) is 1. The number of amides is 2. The van der Waals surface area contributed by atoms with Gasteiger partial charge in [-0.1, -0.05) is 16.2 Å². The third-order valence-corrected chi connectivity index (χ3v) is 5.93. The number of carbonyl (C=O) groups is 2. The minimum Gasteiger partial charge on any atom is -0.389 e. The molecular formula is C23H18F5N5O5S. The SMILES string of the molecule is O=C(N=S(=O)=O)Oc1cc(NC(=O)c2cc(C#CC3CC3)c(C(F)(F)F)nc2N2CCC(F)(F)CC2)ccn1. The summed E-state index contributed by atoms with van der Waals surface area (Å²) in [7, 11) is -3.08. The van der Waals surface area contributed by atoms with Crippen LogP contribution in [0.15, 0.2) is 28.8 Å². The smallest absolute Gasteiger partial charge is 0.389 e. The van der Waals surface area contributed by atoms with E-state index in [1.807, 2.05) is 0 Å². The van der Waals surface area contributed by atoms with Gasteiger partial charge >= 0.3 is 22.8 Å². The largest absolute Gasteiger partial charge is 0.455 e. The number of hydrogen-bond donors (Lipinski definition) is 1. The number of ether oxygens (including phenoxy) is 1. The molecule has 2 amide bonds. The van der Waals surface area contributed by atoms with Gasteiger partial charge in [0.15, 0.2) is 5.69 Å². The number of halogens is 5. The van der Waals surface area contributed by atoms with Crippen molar-refractivity contribution in [1.29, 1.82) is 0 Å². The molecule has 1 aliphatic carbocycles. The lowest BCUT2D eigenvalue weighted by molar-refractivity contribution is -0.141. The summed E-state index contributed by atoms with van der Waals surface area (Å²) in [6, 6.07) is 3.21. The van der Waals surface area contributed by atoms with Crippen LogP contribution in [0.4, 0.5) is 38.3 Å². The van der Waals surface area contributed by atoms with Crippen molar-refractivity contribution in [2.45, 2.75) is 37.8 Å². The molecule has 2 fully saturated rings. The van der Waals surface area contributed by atoms with Crippen molar-refractivity contribution in [2.24, 2.45) is 10.3 Å². The maximum atomic E-state index is 13.9. The van der Waals surface area contributed by atoms with Gasteiger partial charge in [0, 0.05) is 49.8 Å². The Morgan fingerprint density at radius 2 is 1.87 bits per heavy atom. The molecule has 0 unspecified atom stereocenters. The summed E-state index contributed by atoms with van der Waals surface area (Å²) in [4.78, 5) is 33.3. The second-order valence-electron chi connectivity index (χ2n) is 8.65. The number of aromatic nitrogens is 2. The molecule has 206 valence electrons. The monoisotopic (exact) mass is 571 g/mol. The maximum Gasteiger partial charge on any atom is 0.455 e. The zero-order valence-electron chi connectivity index (χ0n) is 19.8. The summed E-state index contributed by atoms with van der Waals surface area (Å²) in [6.45, 7) is -0.685. The van der Waals surface area contributed by atoms with Crippen LogP contribution in [-0.2, 0) is 16.7 Å². The molecular weight excluding hydrogens is 553 g/mol. The molecule has 4 rings (SSSR count). The van der Waals surface area contributed by atoms with Crippen LogP contribution in [0.1, 0.15) is 47.3 Å². The molecule has 3 heterocycles. The summed E-state index contributed by atoms with van der Waals surface area (Å²) in [5.74, 6) is 0.265. The Morgan fingerprint density at radius 1 is 1.18 bits per heavy atom. The minimum atomic E-state index is -4.93. The van der Waals surface area contributed by atoms with Crippen LogP contribution in [0.5, 0.6) is 5.88 Å². The first kappa shape index (κ1) is 27.9. The van der Waals surface area contributed by atoms with E-state index < -0.39 is 70.4 Å². The Labute approximate surface area is 219 Å². The lowest BCUT2D eigenvalue weighted by atomic mass is 10.0. The Balaban J connectivity index is 1.71. The molecule has 2 aromatic heterocycles.